The molecule has 0 aromatic heterocycles. The Morgan fingerprint density at radius 1 is 1.22 bits per heavy atom. The second kappa shape index (κ2) is 4.16. The van der Waals surface area contributed by atoms with Crippen LogP contribution < -0.4 is 9.29 Å². The first kappa shape index (κ1) is 12.1. The third-order valence-corrected chi connectivity index (χ3v) is 2.78. The standard InChI is InChI=1S/C11H8N2O4S/c1-18(15,16)17-10-4-2-3-8-7(10)5-6-9(14)11(8)13-12/h2-6H,1H3. The van der Waals surface area contributed by atoms with Gasteiger partial charge in [-0.15, -0.1) is 0 Å². The van der Waals surface area contributed by atoms with Crippen molar-refractivity contribution in [3.8, 4) is 11.5 Å². The molecule has 0 aliphatic rings. The van der Waals surface area contributed by atoms with Gasteiger partial charge in [-0.2, -0.15) is 8.42 Å². The van der Waals surface area contributed by atoms with E-state index in [0.717, 1.165) is 6.26 Å². The molecule has 0 unspecified atom stereocenters. The van der Waals surface area contributed by atoms with E-state index in [9.17, 15) is 13.5 Å². The minimum absolute atomic E-state index is 0.0832. The van der Waals surface area contributed by atoms with Crippen LogP contribution in [0.3, 0.4) is 0 Å². The van der Waals surface area contributed by atoms with Crippen LogP contribution in [-0.4, -0.2) is 14.7 Å². The van der Waals surface area contributed by atoms with Gasteiger partial charge >= 0.3 is 15.8 Å². The SMILES string of the molecule is CS(=O)(=O)Oc1cccc2c([N+]#N)c([O-])ccc12. The summed E-state index contributed by atoms with van der Waals surface area (Å²) in [5.41, 5.74) is -0.147. The lowest BCUT2D eigenvalue weighted by Gasteiger charge is -2.08. The Balaban J connectivity index is 2.77. The fourth-order valence-electron chi connectivity index (χ4n) is 1.63. The van der Waals surface area contributed by atoms with Crippen LogP contribution in [-0.2, 0) is 10.1 Å². The number of rotatable bonds is 2. The van der Waals surface area contributed by atoms with Crippen LogP contribution in [0, 0.1) is 5.39 Å². The summed E-state index contributed by atoms with van der Waals surface area (Å²) in [5.74, 6) is -0.374. The maximum Gasteiger partial charge on any atom is 0.385 e. The summed E-state index contributed by atoms with van der Waals surface area (Å²) in [6, 6.07) is 7.12. The molecule has 0 saturated heterocycles. The highest BCUT2D eigenvalue weighted by Gasteiger charge is 2.16. The molecule has 2 rings (SSSR count). The van der Waals surface area contributed by atoms with Crippen molar-refractivity contribution in [3.05, 3.63) is 35.3 Å². The van der Waals surface area contributed by atoms with Crippen LogP contribution in [0.25, 0.3) is 15.7 Å². The van der Waals surface area contributed by atoms with E-state index >= 15 is 0 Å². The smallest absolute Gasteiger partial charge is 0.385 e. The predicted octanol–water partition coefficient (Wildman–Crippen LogP) is 1.74. The van der Waals surface area contributed by atoms with Gasteiger partial charge in [0.15, 0.2) is 10.7 Å². The molecule has 0 aliphatic heterocycles. The van der Waals surface area contributed by atoms with Crippen molar-refractivity contribution in [2.45, 2.75) is 0 Å². The number of diazo groups is 1. The topological polar surface area (TPSA) is 94.6 Å². The molecule has 2 aromatic rings. The highest BCUT2D eigenvalue weighted by molar-refractivity contribution is 7.86. The van der Waals surface area contributed by atoms with Gasteiger partial charge in [0.25, 0.3) is 0 Å². The van der Waals surface area contributed by atoms with E-state index in [1.54, 1.807) is 6.07 Å². The highest BCUT2D eigenvalue weighted by atomic mass is 32.2. The molecular weight excluding hydrogens is 256 g/mol. The average Bonchev–Trinajstić information content (AvgIpc) is 2.27. The largest absolute Gasteiger partial charge is 0.867 e. The van der Waals surface area contributed by atoms with Gasteiger partial charge in [-0.25, -0.2) is 0 Å². The van der Waals surface area contributed by atoms with E-state index in [-0.39, 0.29) is 11.4 Å². The van der Waals surface area contributed by atoms with Crippen molar-refractivity contribution in [2.24, 2.45) is 0 Å². The van der Waals surface area contributed by atoms with Crippen molar-refractivity contribution in [3.63, 3.8) is 0 Å². The molecule has 2 aromatic carbocycles. The third-order valence-electron chi connectivity index (χ3n) is 2.30. The Morgan fingerprint density at radius 3 is 2.56 bits per heavy atom. The van der Waals surface area contributed by atoms with Crippen LogP contribution in [0.15, 0.2) is 30.3 Å². The molecular formula is C11H8N2O4S. The highest BCUT2D eigenvalue weighted by Crippen LogP contribution is 2.37. The van der Waals surface area contributed by atoms with Gasteiger partial charge in [0, 0.05) is 5.39 Å². The van der Waals surface area contributed by atoms with E-state index in [1.807, 2.05) is 0 Å². The molecule has 0 saturated carbocycles. The summed E-state index contributed by atoms with van der Waals surface area (Å²) in [6.07, 6.45) is 0.922. The lowest BCUT2D eigenvalue weighted by atomic mass is 10.1. The van der Waals surface area contributed by atoms with Gasteiger partial charge < -0.3 is 9.29 Å². The van der Waals surface area contributed by atoms with E-state index in [0.29, 0.717) is 10.8 Å². The number of benzene rings is 2. The number of nitrogens with zero attached hydrogens (tertiary/aromatic N) is 2. The summed E-state index contributed by atoms with van der Waals surface area (Å²) in [4.78, 5) is 2.92. The number of fused-ring (bicyclic) bond motifs is 1. The van der Waals surface area contributed by atoms with E-state index in [1.165, 1.54) is 24.3 Å². The first-order valence-electron chi connectivity index (χ1n) is 4.89. The normalized spacial score (nSPS) is 11.1. The molecule has 6 nitrogen and oxygen atoms in total. The molecule has 0 aliphatic carbocycles. The predicted molar refractivity (Wildman–Crippen MR) is 63.6 cm³/mol. The second-order valence-electron chi connectivity index (χ2n) is 3.65. The lowest BCUT2D eigenvalue weighted by Crippen LogP contribution is -2.06. The van der Waals surface area contributed by atoms with Gasteiger partial charge in [-0.05, 0) is 17.9 Å². The molecule has 0 fully saturated rings. The van der Waals surface area contributed by atoms with Crippen molar-refractivity contribution in [1.29, 1.82) is 5.39 Å². The van der Waals surface area contributed by atoms with Crippen LogP contribution in [0.5, 0.6) is 11.5 Å². The summed E-state index contributed by atoms with van der Waals surface area (Å²) in [7, 11) is -3.67. The second-order valence-corrected chi connectivity index (χ2v) is 5.23. The number of hydrogen-bond acceptors (Lipinski definition) is 5. The Labute approximate surface area is 103 Å². The molecule has 0 atom stereocenters. The fourth-order valence-corrected chi connectivity index (χ4v) is 2.10. The Kier molecular flexibility index (Phi) is 2.80. The zero-order chi connectivity index (χ0) is 13.3. The van der Waals surface area contributed by atoms with Gasteiger partial charge in [0.2, 0.25) is 5.39 Å². The third kappa shape index (κ3) is 2.19. The maximum absolute atomic E-state index is 11.4. The molecule has 0 bridgehead atoms. The Bertz CT molecular complexity index is 762. The molecule has 92 valence electrons. The van der Waals surface area contributed by atoms with Crippen molar-refractivity contribution in [2.75, 3.05) is 6.26 Å². The Hall–Kier alpha value is -2.33. The van der Waals surface area contributed by atoms with Gasteiger partial charge in [-0.3, -0.25) is 0 Å². The molecule has 18 heavy (non-hydrogen) atoms. The zero-order valence-corrected chi connectivity index (χ0v) is 10.1. The van der Waals surface area contributed by atoms with Crippen molar-refractivity contribution < 1.29 is 17.7 Å². The maximum atomic E-state index is 11.4. The summed E-state index contributed by atoms with van der Waals surface area (Å²) in [5, 5.41) is 21.0. The number of hydrogen-bond donors (Lipinski definition) is 0. The van der Waals surface area contributed by atoms with Crippen LogP contribution >= 0.6 is 0 Å². The molecule has 0 radical (unpaired) electrons. The molecule has 0 amide bonds. The van der Waals surface area contributed by atoms with Crippen molar-refractivity contribution >= 4 is 26.6 Å². The molecule has 7 heteroatoms. The van der Waals surface area contributed by atoms with Gasteiger partial charge in [-0.1, -0.05) is 18.2 Å². The minimum Gasteiger partial charge on any atom is -0.867 e. The van der Waals surface area contributed by atoms with Crippen LogP contribution in [0.2, 0.25) is 0 Å². The average molecular weight is 264 g/mol. The van der Waals surface area contributed by atoms with Crippen molar-refractivity contribution in [1.82, 2.24) is 0 Å². The molecule has 0 N–H and O–H groups in total. The fraction of sp³-hybridized carbons (Fsp3) is 0.0909. The van der Waals surface area contributed by atoms with Crippen LogP contribution in [0.1, 0.15) is 0 Å². The van der Waals surface area contributed by atoms with E-state index in [4.69, 9.17) is 9.58 Å². The first-order valence-corrected chi connectivity index (χ1v) is 6.71. The quantitative estimate of drug-likeness (QED) is 0.608. The lowest BCUT2D eigenvalue weighted by molar-refractivity contribution is -0.266. The monoisotopic (exact) mass is 264 g/mol. The van der Waals surface area contributed by atoms with Gasteiger partial charge in [0.05, 0.1) is 11.6 Å². The summed E-state index contributed by atoms with van der Waals surface area (Å²) >= 11 is 0. The van der Waals surface area contributed by atoms with Gasteiger partial charge in [0.1, 0.15) is 0 Å². The zero-order valence-electron chi connectivity index (χ0n) is 9.32. The first-order chi connectivity index (χ1) is 8.42. The minimum atomic E-state index is -3.67. The Morgan fingerprint density at radius 2 is 1.94 bits per heavy atom. The summed E-state index contributed by atoms with van der Waals surface area (Å²) < 4.78 is 27.0. The van der Waals surface area contributed by atoms with Crippen LogP contribution in [0.4, 0.5) is 5.69 Å². The molecule has 0 spiro atoms. The van der Waals surface area contributed by atoms with E-state index in [2.05, 4.69) is 4.98 Å². The summed E-state index contributed by atoms with van der Waals surface area (Å²) in [6.45, 7) is 0. The molecule has 0 heterocycles. The van der Waals surface area contributed by atoms with E-state index < -0.39 is 15.9 Å².